The molecule has 0 atom stereocenters. The highest BCUT2D eigenvalue weighted by Crippen LogP contribution is 2.17. The summed E-state index contributed by atoms with van der Waals surface area (Å²) >= 11 is 0. The Morgan fingerprint density at radius 2 is 1.94 bits per heavy atom. The number of amides is 1. The van der Waals surface area contributed by atoms with Gasteiger partial charge in [0.25, 0.3) is 5.91 Å². The summed E-state index contributed by atoms with van der Waals surface area (Å²) in [5.74, 6) is -0.118. The van der Waals surface area contributed by atoms with Crippen LogP contribution < -0.4 is 5.32 Å². The van der Waals surface area contributed by atoms with E-state index in [9.17, 15) is 4.79 Å². The van der Waals surface area contributed by atoms with Crippen LogP contribution in [0.5, 0.6) is 0 Å². The number of pyridine rings is 1. The molecule has 1 aromatic heterocycles. The number of hydrogen-bond donors (Lipinski definition) is 1. The number of carbonyl (C=O) groups is 1. The van der Waals surface area contributed by atoms with Crippen molar-refractivity contribution in [2.75, 3.05) is 5.32 Å². The minimum Gasteiger partial charge on any atom is -0.322 e. The van der Waals surface area contributed by atoms with Gasteiger partial charge in [0.15, 0.2) is 0 Å². The molecule has 18 heavy (non-hydrogen) atoms. The molecule has 0 radical (unpaired) electrons. The number of nitrogens with one attached hydrogen (secondary N) is 1. The average Bonchev–Trinajstić information content (AvgIpc) is 2.33. The fraction of sp³-hybridized carbons (Fsp3) is 0.200. The van der Waals surface area contributed by atoms with Crippen LogP contribution in [0, 0.1) is 20.8 Å². The third-order valence-electron chi connectivity index (χ3n) is 2.88. The Bertz CT molecular complexity index is 591. The van der Waals surface area contributed by atoms with E-state index in [2.05, 4.69) is 10.3 Å². The van der Waals surface area contributed by atoms with E-state index < -0.39 is 0 Å². The van der Waals surface area contributed by atoms with Crippen molar-refractivity contribution in [2.45, 2.75) is 20.8 Å². The van der Waals surface area contributed by atoms with Gasteiger partial charge in [-0.1, -0.05) is 17.7 Å². The monoisotopic (exact) mass is 240 g/mol. The van der Waals surface area contributed by atoms with Crippen LogP contribution in [0.4, 0.5) is 5.69 Å². The SMILES string of the molecule is Cc1ccc(NC(=O)c2cccnc2C)c(C)c1. The molecule has 0 aliphatic heterocycles. The largest absolute Gasteiger partial charge is 0.322 e. The molecule has 2 aromatic rings. The van der Waals surface area contributed by atoms with E-state index in [4.69, 9.17) is 0 Å². The Morgan fingerprint density at radius 1 is 1.17 bits per heavy atom. The van der Waals surface area contributed by atoms with Crippen LogP contribution in [-0.4, -0.2) is 10.9 Å². The van der Waals surface area contributed by atoms with Gasteiger partial charge in [0.1, 0.15) is 0 Å². The first-order valence-corrected chi connectivity index (χ1v) is 5.88. The number of benzene rings is 1. The number of rotatable bonds is 2. The van der Waals surface area contributed by atoms with Gasteiger partial charge in [0, 0.05) is 17.6 Å². The highest BCUT2D eigenvalue weighted by molar-refractivity contribution is 6.05. The molecule has 2 rings (SSSR count). The van der Waals surface area contributed by atoms with Crippen molar-refractivity contribution in [3.63, 3.8) is 0 Å². The topological polar surface area (TPSA) is 42.0 Å². The van der Waals surface area contributed by atoms with E-state index in [0.29, 0.717) is 5.56 Å². The number of carbonyl (C=O) groups excluding carboxylic acids is 1. The maximum atomic E-state index is 12.1. The summed E-state index contributed by atoms with van der Waals surface area (Å²) in [6.45, 7) is 5.85. The third kappa shape index (κ3) is 2.56. The molecule has 92 valence electrons. The zero-order chi connectivity index (χ0) is 13.1. The molecule has 3 nitrogen and oxygen atoms in total. The fourth-order valence-electron chi connectivity index (χ4n) is 1.87. The molecular formula is C15H16N2O. The number of aryl methyl sites for hydroxylation is 3. The van der Waals surface area contributed by atoms with Crippen LogP contribution in [-0.2, 0) is 0 Å². The van der Waals surface area contributed by atoms with Gasteiger partial charge in [-0.25, -0.2) is 0 Å². The van der Waals surface area contributed by atoms with E-state index in [1.54, 1.807) is 18.3 Å². The van der Waals surface area contributed by atoms with Crippen molar-refractivity contribution in [1.29, 1.82) is 0 Å². The van der Waals surface area contributed by atoms with E-state index in [1.165, 1.54) is 5.56 Å². The van der Waals surface area contributed by atoms with Crippen molar-refractivity contribution in [3.05, 3.63) is 58.9 Å². The first kappa shape index (κ1) is 12.3. The maximum Gasteiger partial charge on any atom is 0.257 e. The first-order chi connectivity index (χ1) is 8.58. The van der Waals surface area contributed by atoms with Crippen LogP contribution in [0.3, 0.4) is 0 Å². The van der Waals surface area contributed by atoms with Gasteiger partial charge in [-0.15, -0.1) is 0 Å². The Labute approximate surface area is 107 Å². The summed E-state index contributed by atoms with van der Waals surface area (Å²) in [5.41, 5.74) is 4.43. The molecule has 1 N–H and O–H groups in total. The molecule has 0 unspecified atom stereocenters. The van der Waals surface area contributed by atoms with Gasteiger partial charge in [-0.2, -0.15) is 0 Å². The quantitative estimate of drug-likeness (QED) is 0.875. The second-order valence-corrected chi connectivity index (χ2v) is 4.41. The molecule has 1 heterocycles. The van der Waals surface area contributed by atoms with Crippen LogP contribution in [0.25, 0.3) is 0 Å². The van der Waals surface area contributed by atoms with E-state index >= 15 is 0 Å². The number of hydrogen-bond acceptors (Lipinski definition) is 2. The predicted octanol–water partition coefficient (Wildman–Crippen LogP) is 3.26. The Balaban J connectivity index is 2.24. The van der Waals surface area contributed by atoms with Gasteiger partial charge < -0.3 is 5.32 Å². The standard InChI is InChI=1S/C15H16N2O/c1-10-6-7-14(11(2)9-10)17-15(18)13-5-4-8-16-12(13)3/h4-9H,1-3H3,(H,17,18). The molecule has 0 fully saturated rings. The van der Waals surface area contributed by atoms with E-state index in [-0.39, 0.29) is 5.91 Å². The number of aromatic nitrogens is 1. The summed E-state index contributed by atoms with van der Waals surface area (Å²) in [7, 11) is 0. The molecular weight excluding hydrogens is 224 g/mol. The summed E-state index contributed by atoms with van der Waals surface area (Å²) in [5, 5.41) is 2.92. The Kier molecular flexibility index (Phi) is 3.42. The van der Waals surface area contributed by atoms with E-state index in [0.717, 1.165) is 16.9 Å². The molecule has 0 aliphatic rings. The second-order valence-electron chi connectivity index (χ2n) is 4.41. The molecule has 0 bridgehead atoms. The fourth-order valence-corrected chi connectivity index (χ4v) is 1.87. The van der Waals surface area contributed by atoms with Crippen molar-refractivity contribution < 1.29 is 4.79 Å². The van der Waals surface area contributed by atoms with Gasteiger partial charge in [0.2, 0.25) is 0 Å². The van der Waals surface area contributed by atoms with Crippen molar-refractivity contribution in [3.8, 4) is 0 Å². The molecule has 0 spiro atoms. The summed E-state index contributed by atoms with van der Waals surface area (Å²) < 4.78 is 0. The van der Waals surface area contributed by atoms with E-state index in [1.807, 2.05) is 39.0 Å². The van der Waals surface area contributed by atoms with Crippen molar-refractivity contribution in [2.24, 2.45) is 0 Å². The lowest BCUT2D eigenvalue weighted by Gasteiger charge is -2.10. The summed E-state index contributed by atoms with van der Waals surface area (Å²) in [6, 6.07) is 9.50. The summed E-state index contributed by atoms with van der Waals surface area (Å²) in [6.07, 6.45) is 1.68. The lowest BCUT2D eigenvalue weighted by molar-refractivity contribution is 0.102. The minimum atomic E-state index is -0.118. The lowest BCUT2D eigenvalue weighted by atomic mass is 10.1. The van der Waals surface area contributed by atoms with Gasteiger partial charge in [-0.05, 0) is 44.5 Å². The smallest absolute Gasteiger partial charge is 0.257 e. The maximum absolute atomic E-state index is 12.1. The van der Waals surface area contributed by atoms with Crippen LogP contribution in [0.2, 0.25) is 0 Å². The van der Waals surface area contributed by atoms with Crippen LogP contribution in [0.15, 0.2) is 36.5 Å². The molecule has 0 saturated heterocycles. The van der Waals surface area contributed by atoms with Crippen molar-refractivity contribution in [1.82, 2.24) is 4.98 Å². The molecule has 0 aliphatic carbocycles. The second kappa shape index (κ2) is 5.00. The lowest BCUT2D eigenvalue weighted by Crippen LogP contribution is -2.14. The highest BCUT2D eigenvalue weighted by Gasteiger charge is 2.10. The zero-order valence-electron chi connectivity index (χ0n) is 10.8. The normalized spacial score (nSPS) is 10.2. The Hall–Kier alpha value is -2.16. The molecule has 1 aromatic carbocycles. The first-order valence-electron chi connectivity index (χ1n) is 5.88. The highest BCUT2D eigenvalue weighted by atomic mass is 16.1. The summed E-state index contributed by atoms with van der Waals surface area (Å²) in [4.78, 5) is 16.2. The van der Waals surface area contributed by atoms with Crippen LogP contribution >= 0.6 is 0 Å². The van der Waals surface area contributed by atoms with Crippen LogP contribution in [0.1, 0.15) is 27.2 Å². The molecule has 3 heteroatoms. The molecule has 1 amide bonds. The van der Waals surface area contributed by atoms with Gasteiger partial charge in [0.05, 0.1) is 5.56 Å². The molecule has 0 saturated carbocycles. The Morgan fingerprint density at radius 3 is 2.61 bits per heavy atom. The third-order valence-corrected chi connectivity index (χ3v) is 2.88. The zero-order valence-corrected chi connectivity index (χ0v) is 10.8. The van der Waals surface area contributed by atoms with Crippen molar-refractivity contribution >= 4 is 11.6 Å². The van der Waals surface area contributed by atoms with Gasteiger partial charge in [-0.3, -0.25) is 9.78 Å². The average molecular weight is 240 g/mol. The number of nitrogens with zero attached hydrogens (tertiary/aromatic N) is 1. The minimum absolute atomic E-state index is 0.118. The predicted molar refractivity (Wildman–Crippen MR) is 72.8 cm³/mol. The van der Waals surface area contributed by atoms with Gasteiger partial charge >= 0.3 is 0 Å². The number of anilines is 1.